The number of ether oxygens (including phenoxy) is 1. The Hall–Kier alpha value is -1.94. The Morgan fingerprint density at radius 2 is 1.81 bits per heavy atom. The molecule has 1 amide bonds. The van der Waals surface area contributed by atoms with E-state index in [1.807, 2.05) is 37.3 Å². The first-order chi connectivity index (χ1) is 10.3. The number of amides is 1. The minimum Gasteiger partial charge on any atom is -0.494 e. The monoisotopic (exact) mass is 301 g/mol. The van der Waals surface area contributed by atoms with Crippen molar-refractivity contribution in [1.29, 1.82) is 0 Å². The summed E-state index contributed by atoms with van der Waals surface area (Å²) >= 11 is 1.73. The Kier molecular flexibility index (Phi) is 6.16. The SMILES string of the molecule is CCOc1ccc(C(=O)NCCSc2ccccc2)cc1. The maximum absolute atomic E-state index is 12.0. The Morgan fingerprint density at radius 3 is 2.48 bits per heavy atom. The number of carbonyl (C=O) groups excluding carboxylic acids is 1. The van der Waals surface area contributed by atoms with Crippen LogP contribution in [0.5, 0.6) is 5.75 Å². The smallest absolute Gasteiger partial charge is 0.251 e. The molecule has 110 valence electrons. The van der Waals surface area contributed by atoms with Gasteiger partial charge < -0.3 is 10.1 Å². The molecule has 3 nitrogen and oxygen atoms in total. The second-order valence-corrected chi connectivity index (χ2v) is 5.54. The first kappa shape index (κ1) is 15.4. The summed E-state index contributed by atoms with van der Waals surface area (Å²) in [4.78, 5) is 13.2. The lowest BCUT2D eigenvalue weighted by Crippen LogP contribution is -2.25. The highest BCUT2D eigenvalue weighted by atomic mass is 32.2. The van der Waals surface area contributed by atoms with Gasteiger partial charge in [-0.2, -0.15) is 0 Å². The molecule has 0 aromatic heterocycles. The van der Waals surface area contributed by atoms with Gasteiger partial charge in [0.2, 0.25) is 0 Å². The summed E-state index contributed by atoms with van der Waals surface area (Å²) < 4.78 is 5.35. The average Bonchev–Trinajstić information content (AvgIpc) is 2.53. The number of hydrogen-bond acceptors (Lipinski definition) is 3. The van der Waals surface area contributed by atoms with Crippen LogP contribution < -0.4 is 10.1 Å². The van der Waals surface area contributed by atoms with Crippen LogP contribution in [-0.2, 0) is 0 Å². The van der Waals surface area contributed by atoms with E-state index in [-0.39, 0.29) is 5.91 Å². The van der Waals surface area contributed by atoms with E-state index in [4.69, 9.17) is 4.74 Å². The summed E-state index contributed by atoms with van der Waals surface area (Å²) in [5.41, 5.74) is 0.656. The van der Waals surface area contributed by atoms with Crippen LogP contribution in [0.2, 0.25) is 0 Å². The van der Waals surface area contributed by atoms with Crippen LogP contribution in [0.1, 0.15) is 17.3 Å². The summed E-state index contributed by atoms with van der Waals surface area (Å²) in [5.74, 6) is 1.59. The molecule has 2 aromatic rings. The normalized spacial score (nSPS) is 10.1. The van der Waals surface area contributed by atoms with Crippen molar-refractivity contribution in [1.82, 2.24) is 5.32 Å². The highest BCUT2D eigenvalue weighted by molar-refractivity contribution is 7.99. The zero-order valence-electron chi connectivity index (χ0n) is 12.0. The number of nitrogens with one attached hydrogen (secondary N) is 1. The third kappa shape index (κ3) is 5.16. The van der Waals surface area contributed by atoms with Gasteiger partial charge in [-0.25, -0.2) is 0 Å². The topological polar surface area (TPSA) is 38.3 Å². The standard InChI is InChI=1S/C17H19NO2S/c1-2-20-15-10-8-14(9-11-15)17(19)18-12-13-21-16-6-4-3-5-7-16/h3-11H,2,12-13H2,1H3,(H,18,19). The molecular formula is C17H19NO2S. The minimum atomic E-state index is -0.0493. The molecule has 0 aliphatic rings. The van der Waals surface area contributed by atoms with E-state index in [9.17, 15) is 4.79 Å². The van der Waals surface area contributed by atoms with Crippen molar-refractivity contribution in [2.24, 2.45) is 0 Å². The molecule has 2 rings (SSSR count). The zero-order chi connectivity index (χ0) is 14.9. The second kappa shape index (κ2) is 8.37. The quantitative estimate of drug-likeness (QED) is 0.627. The molecule has 0 aliphatic carbocycles. The van der Waals surface area contributed by atoms with E-state index >= 15 is 0 Å². The molecule has 1 N–H and O–H groups in total. The van der Waals surface area contributed by atoms with E-state index in [0.717, 1.165) is 11.5 Å². The minimum absolute atomic E-state index is 0.0493. The lowest BCUT2D eigenvalue weighted by atomic mass is 10.2. The summed E-state index contributed by atoms with van der Waals surface area (Å²) in [5, 5.41) is 2.92. The molecule has 0 saturated carbocycles. The Bertz CT molecular complexity index is 555. The van der Waals surface area contributed by atoms with Crippen LogP contribution in [0.3, 0.4) is 0 Å². The van der Waals surface area contributed by atoms with Crippen LogP contribution in [0, 0.1) is 0 Å². The lowest BCUT2D eigenvalue weighted by molar-refractivity contribution is 0.0956. The Morgan fingerprint density at radius 1 is 1.10 bits per heavy atom. The first-order valence-corrected chi connectivity index (χ1v) is 7.97. The lowest BCUT2D eigenvalue weighted by Gasteiger charge is -2.07. The molecule has 0 radical (unpaired) electrons. The highest BCUT2D eigenvalue weighted by Crippen LogP contribution is 2.16. The highest BCUT2D eigenvalue weighted by Gasteiger charge is 2.04. The van der Waals surface area contributed by atoms with Crippen LogP contribution in [0.15, 0.2) is 59.5 Å². The van der Waals surface area contributed by atoms with Gasteiger partial charge >= 0.3 is 0 Å². The van der Waals surface area contributed by atoms with Gasteiger partial charge in [-0.15, -0.1) is 11.8 Å². The molecular weight excluding hydrogens is 282 g/mol. The van der Waals surface area contributed by atoms with Crippen molar-refractivity contribution in [3.63, 3.8) is 0 Å². The van der Waals surface area contributed by atoms with Gasteiger partial charge in [0.15, 0.2) is 0 Å². The summed E-state index contributed by atoms with van der Waals surface area (Å²) in [7, 11) is 0. The average molecular weight is 301 g/mol. The fourth-order valence-electron chi connectivity index (χ4n) is 1.82. The Labute approximate surface area is 129 Å². The van der Waals surface area contributed by atoms with E-state index in [1.165, 1.54) is 4.90 Å². The predicted octanol–water partition coefficient (Wildman–Crippen LogP) is 3.61. The number of carbonyl (C=O) groups is 1. The second-order valence-electron chi connectivity index (χ2n) is 4.37. The van der Waals surface area contributed by atoms with Crippen molar-refractivity contribution in [2.75, 3.05) is 18.9 Å². The third-order valence-electron chi connectivity index (χ3n) is 2.83. The van der Waals surface area contributed by atoms with Crippen molar-refractivity contribution in [2.45, 2.75) is 11.8 Å². The van der Waals surface area contributed by atoms with Crippen LogP contribution in [0.4, 0.5) is 0 Å². The Balaban J connectivity index is 1.74. The van der Waals surface area contributed by atoms with Crippen LogP contribution >= 0.6 is 11.8 Å². The molecule has 2 aromatic carbocycles. The number of hydrogen-bond donors (Lipinski definition) is 1. The van der Waals surface area contributed by atoms with Gasteiger partial charge in [0.05, 0.1) is 6.61 Å². The molecule has 0 saturated heterocycles. The van der Waals surface area contributed by atoms with Gasteiger partial charge in [-0.05, 0) is 43.3 Å². The molecule has 0 unspecified atom stereocenters. The molecule has 0 fully saturated rings. The molecule has 0 aliphatic heterocycles. The summed E-state index contributed by atoms with van der Waals surface area (Å²) in [6.45, 7) is 3.21. The maximum atomic E-state index is 12.0. The van der Waals surface area contributed by atoms with Gasteiger partial charge in [-0.3, -0.25) is 4.79 Å². The molecule has 0 spiro atoms. The molecule has 0 heterocycles. The maximum Gasteiger partial charge on any atom is 0.251 e. The van der Waals surface area contributed by atoms with Gasteiger partial charge in [0.25, 0.3) is 5.91 Å². The van der Waals surface area contributed by atoms with E-state index in [2.05, 4.69) is 17.4 Å². The summed E-state index contributed by atoms with van der Waals surface area (Å²) in [6, 6.07) is 17.4. The molecule has 0 atom stereocenters. The predicted molar refractivity (Wildman–Crippen MR) is 87.1 cm³/mol. The van der Waals surface area contributed by atoms with Crippen LogP contribution in [0.25, 0.3) is 0 Å². The van der Waals surface area contributed by atoms with E-state index < -0.39 is 0 Å². The first-order valence-electron chi connectivity index (χ1n) is 6.98. The largest absolute Gasteiger partial charge is 0.494 e. The fourth-order valence-corrected chi connectivity index (χ4v) is 2.61. The van der Waals surface area contributed by atoms with Gasteiger partial charge in [-0.1, -0.05) is 18.2 Å². The fraction of sp³-hybridized carbons (Fsp3) is 0.235. The van der Waals surface area contributed by atoms with Crippen LogP contribution in [-0.4, -0.2) is 24.8 Å². The number of benzene rings is 2. The third-order valence-corrected chi connectivity index (χ3v) is 3.84. The molecule has 21 heavy (non-hydrogen) atoms. The van der Waals surface area contributed by atoms with Crippen molar-refractivity contribution < 1.29 is 9.53 Å². The van der Waals surface area contributed by atoms with E-state index in [1.54, 1.807) is 23.9 Å². The van der Waals surface area contributed by atoms with Gasteiger partial charge in [0.1, 0.15) is 5.75 Å². The molecule has 4 heteroatoms. The van der Waals surface area contributed by atoms with E-state index in [0.29, 0.717) is 18.7 Å². The van der Waals surface area contributed by atoms with Crippen molar-refractivity contribution >= 4 is 17.7 Å². The number of rotatable bonds is 7. The van der Waals surface area contributed by atoms with Crippen molar-refractivity contribution in [3.05, 3.63) is 60.2 Å². The zero-order valence-corrected chi connectivity index (χ0v) is 12.9. The van der Waals surface area contributed by atoms with Crippen molar-refractivity contribution in [3.8, 4) is 5.75 Å². The molecule has 0 bridgehead atoms. The number of thioether (sulfide) groups is 1. The summed E-state index contributed by atoms with van der Waals surface area (Å²) in [6.07, 6.45) is 0. The van der Waals surface area contributed by atoms with Gasteiger partial charge in [0, 0.05) is 22.8 Å².